The highest BCUT2D eigenvalue weighted by atomic mass is 35.5. The van der Waals surface area contributed by atoms with Crippen LogP contribution in [-0.2, 0) is 10.0 Å². The second-order valence-electron chi connectivity index (χ2n) is 6.12. The lowest BCUT2D eigenvalue weighted by atomic mass is 10.1. The Labute approximate surface area is 138 Å². The average Bonchev–Trinajstić information content (AvgIpc) is 3.39. The molecule has 2 aromatic rings. The van der Waals surface area contributed by atoms with Crippen LogP contribution in [0.3, 0.4) is 0 Å². The van der Waals surface area contributed by atoms with E-state index < -0.39 is 21.1 Å². The molecule has 122 valence electrons. The van der Waals surface area contributed by atoms with E-state index in [0.717, 1.165) is 24.7 Å². The van der Waals surface area contributed by atoms with Gasteiger partial charge >= 0.3 is 0 Å². The minimum Gasteiger partial charge on any atom is -0.342 e. The van der Waals surface area contributed by atoms with Crippen LogP contribution in [0.1, 0.15) is 37.4 Å². The third-order valence-electron chi connectivity index (χ3n) is 4.10. The van der Waals surface area contributed by atoms with Gasteiger partial charge in [-0.15, -0.1) is 0 Å². The predicted molar refractivity (Wildman–Crippen MR) is 86.5 cm³/mol. The Hall–Kier alpha value is -1.60. The number of aromatic amines is 1. The third kappa shape index (κ3) is 2.95. The highest BCUT2D eigenvalue weighted by Gasteiger charge is 2.36. The van der Waals surface area contributed by atoms with Gasteiger partial charge in [-0.2, -0.15) is 0 Å². The largest absolute Gasteiger partial charge is 0.342 e. The molecule has 2 aliphatic rings. The second kappa shape index (κ2) is 5.21. The lowest BCUT2D eigenvalue weighted by Crippen LogP contribution is -2.17. The highest BCUT2D eigenvalue weighted by Crippen LogP contribution is 2.41. The van der Waals surface area contributed by atoms with Gasteiger partial charge in [-0.1, -0.05) is 11.6 Å². The molecule has 5 nitrogen and oxygen atoms in total. The van der Waals surface area contributed by atoms with Gasteiger partial charge in [0.05, 0.1) is 27.9 Å². The number of rotatable bonds is 5. The van der Waals surface area contributed by atoms with Crippen LogP contribution in [0.25, 0.3) is 11.3 Å². The van der Waals surface area contributed by atoms with Crippen LogP contribution in [0.5, 0.6) is 0 Å². The Bertz CT molecular complexity index is 873. The molecular formula is C15H15ClFN3O2S. The summed E-state index contributed by atoms with van der Waals surface area (Å²) in [5.41, 5.74) is 1.05. The number of halogens is 2. The average molecular weight is 356 g/mol. The second-order valence-corrected chi connectivity index (χ2v) is 8.46. The van der Waals surface area contributed by atoms with Crippen LogP contribution in [0.15, 0.2) is 18.3 Å². The molecule has 2 N–H and O–H groups in total. The quantitative estimate of drug-likeness (QED) is 0.859. The summed E-state index contributed by atoms with van der Waals surface area (Å²) >= 11 is 6.31. The molecule has 0 atom stereocenters. The molecule has 0 spiro atoms. The molecule has 0 aliphatic heterocycles. The molecule has 8 heteroatoms. The maximum Gasteiger partial charge on any atom is 0.235 e. The molecule has 0 saturated heterocycles. The van der Waals surface area contributed by atoms with Crippen molar-refractivity contribution in [2.24, 2.45) is 0 Å². The van der Waals surface area contributed by atoms with E-state index in [2.05, 4.69) is 14.7 Å². The number of hydrogen-bond donors (Lipinski definition) is 2. The molecule has 2 fully saturated rings. The number of aromatic nitrogens is 2. The number of hydrogen-bond acceptors (Lipinski definition) is 3. The summed E-state index contributed by atoms with van der Waals surface area (Å²) in [7, 11) is -3.50. The van der Waals surface area contributed by atoms with Crippen LogP contribution in [0, 0.1) is 5.82 Å². The van der Waals surface area contributed by atoms with Gasteiger partial charge < -0.3 is 4.98 Å². The van der Waals surface area contributed by atoms with Crippen LogP contribution in [0.4, 0.5) is 10.1 Å². The first-order valence-corrected chi connectivity index (χ1v) is 9.42. The fourth-order valence-electron chi connectivity index (χ4n) is 2.51. The standard InChI is InChI=1S/C15H15ClFN3O2S/c16-14-11(13-7-18-15(19-13)8-1-2-8)5-9(17)6-12(14)20-23(21,22)10-3-4-10/h5-8,10,20H,1-4H2,(H,18,19). The number of nitrogens with zero attached hydrogens (tertiary/aromatic N) is 1. The van der Waals surface area contributed by atoms with Gasteiger partial charge in [0.2, 0.25) is 10.0 Å². The summed E-state index contributed by atoms with van der Waals surface area (Å²) in [6, 6.07) is 2.38. The summed E-state index contributed by atoms with van der Waals surface area (Å²) in [6.07, 6.45) is 5.04. The summed E-state index contributed by atoms with van der Waals surface area (Å²) in [6.45, 7) is 0. The van der Waals surface area contributed by atoms with Crippen molar-refractivity contribution in [2.75, 3.05) is 4.72 Å². The third-order valence-corrected chi connectivity index (χ3v) is 6.36. The number of H-pyrrole nitrogens is 1. The first-order chi connectivity index (χ1) is 10.9. The van der Waals surface area contributed by atoms with Crippen molar-refractivity contribution in [1.82, 2.24) is 9.97 Å². The Morgan fingerprint density at radius 1 is 1.26 bits per heavy atom. The summed E-state index contributed by atoms with van der Waals surface area (Å²) in [5.74, 6) is 0.741. The van der Waals surface area contributed by atoms with Crippen molar-refractivity contribution in [2.45, 2.75) is 36.9 Å². The van der Waals surface area contributed by atoms with E-state index in [1.54, 1.807) is 6.20 Å². The molecule has 1 aromatic heterocycles. The molecule has 1 heterocycles. The van der Waals surface area contributed by atoms with Crippen LogP contribution < -0.4 is 4.72 Å². The SMILES string of the molecule is O=S(=O)(Nc1cc(F)cc(-c2cnc(C3CC3)[nH]2)c1Cl)C1CC1. The molecule has 0 amide bonds. The fraction of sp³-hybridized carbons (Fsp3) is 0.400. The summed E-state index contributed by atoms with van der Waals surface area (Å²) in [5, 5.41) is -0.236. The van der Waals surface area contributed by atoms with E-state index in [4.69, 9.17) is 11.6 Å². The highest BCUT2D eigenvalue weighted by molar-refractivity contribution is 7.93. The fourth-order valence-corrected chi connectivity index (χ4v) is 4.22. The monoisotopic (exact) mass is 355 g/mol. The lowest BCUT2D eigenvalue weighted by molar-refractivity contribution is 0.600. The summed E-state index contributed by atoms with van der Waals surface area (Å²) in [4.78, 5) is 7.44. The minimum absolute atomic E-state index is 0.0659. The zero-order valence-corrected chi connectivity index (χ0v) is 13.7. The van der Waals surface area contributed by atoms with Crippen molar-refractivity contribution < 1.29 is 12.8 Å². The van der Waals surface area contributed by atoms with E-state index >= 15 is 0 Å². The molecular weight excluding hydrogens is 341 g/mol. The van der Waals surface area contributed by atoms with Crippen LogP contribution >= 0.6 is 11.6 Å². The Morgan fingerprint density at radius 3 is 2.65 bits per heavy atom. The predicted octanol–water partition coefficient (Wildman–Crippen LogP) is 3.65. The van der Waals surface area contributed by atoms with E-state index in [-0.39, 0.29) is 10.7 Å². The molecule has 23 heavy (non-hydrogen) atoms. The van der Waals surface area contributed by atoms with Gasteiger partial charge in [-0.05, 0) is 37.8 Å². The number of imidazole rings is 1. The summed E-state index contributed by atoms with van der Waals surface area (Å²) < 4.78 is 40.5. The van der Waals surface area contributed by atoms with Crippen LogP contribution in [-0.4, -0.2) is 23.6 Å². The Morgan fingerprint density at radius 2 is 2.00 bits per heavy atom. The zero-order chi connectivity index (χ0) is 16.2. The van der Waals surface area contributed by atoms with Gasteiger partial charge in [-0.25, -0.2) is 17.8 Å². The maximum absolute atomic E-state index is 13.9. The minimum atomic E-state index is -3.50. The first-order valence-electron chi connectivity index (χ1n) is 7.50. The Kier molecular flexibility index (Phi) is 3.39. The normalized spacial score (nSPS) is 18.2. The molecule has 0 radical (unpaired) electrons. The van der Waals surface area contributed by atoms with Crippen molar-refractivity contribution >= 4 is 27.3 Å². The van der Waals surface area contributed by atoms with Gasteiger partial charge in [0.15, 0.2) is 0 Å². The number of sulfonamides is 1. The van der Waals surface area contributed by atoms with Crippen molar-refractivity contribution in [3.05, 3.63) is 35.0 Å². The van der Waals surface area contributed by atoms with Gasteiger partial charge in [0, 0.05) is 11.5 Å². The molecule has 1 aromatic carbocycles. The molecule has 0 unspecified atom stereocenters. The van der Waals surface area contributed by atoms with Gasteiger partial charge in [-0.3, -0.25) is 4.72 Å². The molecule has 0 bridgehead atoms. The van der Waals surface area contributed by atoms with E-state index in [0.29, 0.717) is 30.0 Å². The van der Waals surface area contributed by atoms with Crippen molar-refractivity contribution in [3.63, 3.8) is 0 Å². The molecule has 2 saturated carbocycles. The van der Waals surface area contributed by atoms with Gasteiger partial charge in [0.25, 0.3) is 0 Å². The van der Waals surface area contributed by atoms with Crippen molar-refractivity contribution in [3.8, 4) is 11.3 Å². The topological polar surface area (TPSA) is 74.8 Å². The van der Waals surface area contributed by atoms with E-state index in [9.17, 15) is 12.8 Å². The van der Waals surface area contributed by atoms with E-state index in [1.165, 1.54) is 6.07 Å². The zero-order valence-electron chi connectivity index (χ0n) is 12.1. The number of nitrogens with one attached hydrogen (secondary N) is 2. The number of anilines is 1. The number of benzene rings is 1. The van der Waals surface area contributed by atoms with Crippen molar-refractivity contribution in [1.29, 1.82) is 0 Å². The first kappa shape index (κ1) is 15.0. The van der Waals surface area contributed by atoms with E-state index in [1.807, 2.05) is 0 Å². The molecule has 2 aliphatic carbocycles. The van der Waals surface area contributed by atoms with Gasteiger partial charge in [0.1, 0.15) is 11.6 Å². The van der Waals surface area contributed by atoms with Crippen LogP contribution in [0.2, 0.25) is 5.02 Å². The smallest absolute Gasteiger partial charge is 0.235 e. The maximum atomic E-state index is 13.9. The molecule has 4 rings (SSSR count). The lowest BCUT2D eigenvalue weighted by Gasteiger charge is -2.12. The Balaban J connectivity index is 1.71.